The van der Waals surface area contributed by atoms with Crippen LogP contribution in [0, 0.1) is 5.82 Å². The van der Waals surface area contributed by atoms with E-state index in [0.29, 0.717) is 0 Å². The Morgan fingerprint density at radius 1 is 1.54 bits per heavy atom. The van der Waals surface area contributed by atoms with Crippen LogP contribution in [0.2, 0.25) is 0 Å². The summed E-state index contributed by atoms with van der Waals surface area (Å²) in [7, 11) is 0. The molecule has 0 aliphatic rings. The Morgan fingerprint density at radius 3 is 2.69 bits per heavy atom. The summed E-state index contributed by atoms with van der Waals surface area (Å²) in [6.07, 6.45) is -1.12. The molecule has 2 nitrogen and oxygen atoms in total. The Kier molecular flexibility index (Phi) is 3.14. The van der Waals surface area contributed by atoms with Crippen LogP contribution in [0.4, 0.5) is 4.39 Å². The lowest BCUT2D eigenvalue weighted by Gasteiger charge is -2.08. The van der Waals surface area contributed by atoms with E-state index in [1.807, 2.05) is 0 Å². The Labute approximate surface area is 76.0 Å². The minimum absolute atomic E-state index is 0.0503. The first kappa shape index (κ1) is 9.86. The number of Topliss-reactive ketones (excluding diaryl/α,β-unsaturated/α-hetero) is 1. The summed E-state index contributed by atoms with van der Waals surface area (Å²) >= 11 is 0. The van der Waals surface area contributed by atoms with Gasteiger partial charge in [0.25, 0.3) is 0 Å². The molecule has 0 amide bonds. The molecule has 3 heteroatoms. The molecule has 1 N–H and O–H groups in total. The largest absolute Gasteiger partial charge is 0.380 e. The number of aliphatic hydroxyl groups excluding tert-OH is 1. The van der Waals surface area contributed by atoms with Gasteiger partial charge in [0, 0.05) is 12.0 Å². The van der Waals surface area contributed by atoms with E-state index in [1.165, 1.54) is 18.2 Å². The highest BCUT2D eigenvalue weighted by molar-refractivity contribution is 5.83. The minimum Gasteiger partial charge on any atom is -0.380 e. The summed E-state index contributed by atoms with van der Waals surface area (Å²) in [5.41, 5.74) is 0.0503. The van der Waals surface area contributed by atoms with E-state index in [2.05, 4.69) is 0 Å². The van der Waals surface area contributed by atoms with Gasteiger partial charge < -0.3 is 5.11 Å². The number of hydrogen-bond acceptors (Lipinski definition) is 2. The Balaban J connectivity index is 2.95. The second kappa shape index (κ2) is 4.14. The average molecular weight is 182 g/mol. The molecule has 0 spiro atoms. The molecule has 1 aromatic carbocycles. The zero-order valence-corrected chi connectivity index (χ0v) is 7.33. The second-order valence-corrected chi connectivity index (χ2v) is 2.74. The van der Waals surface area contributed by atoms with Crippen molar-refractivity contribution in [3.8, 4) is 0 Å². The maximum Gasteiger partial charge on any atom is 0.165 e. The van der Waals surface area contributed by atoms with Crippen molar-refractivity contribution in [2.24, 2.45) is 0 Å². The molecule has 0 saturated carbocycles. The zero-order chi connectivity index (χ0) is 9.84. The first-order valence-electron chi connectivity index (χ1n) is 4.12. The van der Waals surface area contributed by atoms with Gasteiger partial charge in [-0.1, -0.05) is 25.1 Å². The van der Waals surface area contributed by atoms with E-state index >= 15 is 0 Å². The van der Waals surface area contributed by atoms with E-state index < -0.39 is 11.9 Å². The number of hydrogen-bond donors (Lipinski definition) is 1. The third kappa shape index (κ3) is 2.12. The molecule has 1 aromatic rings. The fourth-order valence-corrected chi connectivity index (χ4v) is 1.06. The van der Waals surface area contributed by atoms with Crippen LogP contribution in [0.1, 0.15) is 25.0 Å². The van der Waals surface area contributed by atoms with Crippen molar-refractivity contribution in [1.29, 1.82) is 0 Å². The second-order valence-electron chi connectivity index (χ2n) is 2.74. The molecule has 0 bridgehead atoms. The standard InChI is InChI=1S/C10H11FO2/c1-2-9(12)10(13)7-5-3-4-6-8(7)11/h3-6,10,13H,2H2,1H3/t10-/m1/s1. The fourth-order valence-electron chi connectivity index (χ4n) is 1.06. The van der Waals surface area contributed by atoms with Crippen molar-refractivity contribution >= 4 is 5.78 Å². The van der Waals surface area contributed by atoms with Crippen LogP contribution in [0.25, 0.3) is 0 Å². The molecule has 0 unspecified atom stereocenters. The summed E-state index contributed by atoms with van der Waals surface area (Å²) in [6.45, 7) is 1.63. The molecular weight excluding hydrogens is 171 g/mol. The normalized spacial score (nSPS) is 12.5. The molecule has 1 rings (SSSR count). The van der Waals surface area contributed by atoms with Gasteiger partial charge in [-0.2, -0.15) is 0 Å². The van der Waals surface area contributed by atoms with Crippen molar-refractivity contribution in [1.82, 2.24) is 0 Å². The van der Waals surface area contributed by atoms with Gasteiger partial charge in [0.05, 0.1) is 0 Å². The number of carbonyl (C=O) groups is 1. The Bertz CT molecular complexity index is 310. The predicted molar refractivity (Wildman–Crippen MR) is 46.7 cm³/mol. The minimum atomic E-state index is -1.33. The maximum absolute atomic E-state index is 13.0. The van der Waals surface area contributed by atoms with Crippen LogP contribution in [-0.2, 0) is 4.79 Å². The van der Waals surface area contributed by atoms with E-state index in [0.717, 1.165) is 0 Å². The number of ketones is 1. The highest BCUT2D eigenvalue weighted by Gasteiger charge is 2.18. The molecular formula is C10H11FO2. The molecule has 0 aromatic heterocycles. The molecule has 0 aliphatic carbocycles. The molecule has 13 heavy (non-hydrogen) atoms. The highest BCUT2D eigenvalue weighted by atomic mass is 19.1. The van der Waals surface area contributed by atoms with Crippen LogP contribution in [-0.4, -0.2) is 10.9 Å². The fraction of sp³-hybridized carbons (Fsp3) is 0.300. The average Bonchev–Trinajstić information content (AvgIpc) is 2.16. The summed E-state index contributed by atoms with van der Waals surface area (Å²) < 4.78 is 13.0. The number of rotatable bonds is 3. The van der Waals surface area contributed by atoms with E-state index in [-0.39, 0.29) is 17.8 Å². The predicted octanol–water partition coefficient (Wildman–Crippen LogP) is 1.84. The van der Waals surface area contributed by atoms with Crippen molar-refractivity contribution < 1.29 is 14.3 Å². The zero-order valence-electron chi connectivity index (χ0n) is 7.33. The topological polar surface area (TPSA) is 37.3 Å². The van der Waals surface area contributed by atoms with E-state index in [9.17, 15) is 14.3 Å². The third-order valence-electron chi connectivity index (χ3n) is 1.85. The molecule has 0 heterocycles. The lowest BCUT2D eigenvalue weighted by atomic mass is 10.0. The molecule has 70 valence electrons. The molecule has 0 radical (unpaired) electrons. The molecule has 0 fully saturated rings. The summed E-state index contributed by atoms with van der Waals surface area (Å²) in [6, 6.07) is 5.74. The smallest absolute Gasteiger partial charge is 0.165 e. The van der Waals surface area contributed by atoms with Crippen molar-refractivity contribution in [2.75, 3.05) is 0 Å². The number of aliphatic hydroxyl groups is 1. The number of benzene rings is 1. The first-order chi connectivity index (χ1) is 6.16. The Morgan fingerprint density at radius 2 is 2.15 bits per heavy atom. The SMILES string of the molecule is CCC(=O)[C@H](O)c1ccccc1F. The lowest BCUT2D eigenvalue weighted by Crippen LogP contribution is -2.11. The molecule has 1 atom stereocenters. The van der Waals surface area contributed by atoms with Crippen LogP contribution in [0.5, 0.6) is 0 Å². The Hall–Kier alpha value is -1.22. The van der Waals surface area contributed by atoms with Crippen molar-refractivity contribution in [3.05, 3.63) is 35.6 Å². The van der Waals surface area contributed by atoms with Gasteiger partial charge >= 0.3 is 0 Å². The van der Waals surface area contributed by atoms with Gasteiger partial charge in [0.15, 0.2) is 5.78 Å². The van der Waals surface area contributed by atoms with Gasteiger partial charge in [-0.15, -0.1) is 0 Å². The summed E-state index contributed by atoms with van der Waals surface area (Å²) in [4.78, 5) is 11.0. The van der Waals surface area contributed by atoms with Gasteiger partial charge in [0.2, 0.25) is 0 Å². The maximum atomic E-state index is 13.0. The summed E-state index contributed by atoms with van der Waals surface area (Å²) in [5.74, 6) is -0.915. The van der Waals surface area contributed by atoms with Gasteiger partial charge in [-0.05, 0) is 6.07 Å². The van der Waals surface area contributed by atoms with Crippen molar-refractivity contribution in [3.63, 3.8) is 0 Å². The number of carbonyl (C=O) groups excluding carboxylic acids is 1. The highest BCUT2D eigenvalue weighted by Crippen LogP contribution is 2.18. The van der Waals surface area contributed by atoms with Crippen LogP contribution in [0.15, 0.2) is 24.3 Å². The third-order valence-corrected chi connectivity index (χ3v) is 1.85. The summed E-state index contributed by atoms with van der Waals surface area (Å²) in [5, 5.41) is 9.38. The quantitative estimate of drug-likeness (QED) is 0.774. The van der Waals surface area contributed by atoms with Gasteiger partial charge in [0.1, 0.15) is 11.9 Å². The lowest BCUT2D eigenvalue weighted by molar-refractivity contribution is -0.127. The first-order valence-corrected chi connectivity index (χ1v) is 4.12. The van der Waals surface area contributed by atoms with Gasteiger partial charge in [-0.3, -0.25) is 4.79 Å². The van der Waals surface area contributed by atoms with E-state index in [1.54, 1.807) is 13.0 Å². The van der Waals surface area contributed by atoms with Crippen LogP contribution < -0.4 is 0 Å². The van der Waals surface area contributed by atoms with Crippen LogP contribution >= 0.6 is 0 Å². The van der Waals surface area contributed by atoms with Crippen LogP contribution in [0.3, 0.4) is 0 Å². The molecule has 0 aliphatic heterocycles. The van der Waals surface area contributed by atoms with Gasteiger partial charge in [-0.25, -0.2) is 4.39 Å². The number of halogens is 1. The van der Waals surface area contributed by atoms with E-state index in [4.69, 9.17) is 0 Å². The monoisotopic (exact) mass is 182 g/mol. The van der Waals surface area contributed by atoms with Crippen molar-refractivity contribution in [2.45, 2.75) is 19.4 Å². The molecule has 0 saturated heterocycles.